The Kier molecular flexibility index (Phi) is 5.85. The zero-order valence-corrected chi connectivity index (χ0v) is 17.4. The molecule has 0 spiro atoms. The number of hydrogen-bond donors (Lipinski definition) is 1. The first kappa shape index (κ1) is 19.5. The van der Waals surface area contributed by atoms with Gasteiger partial charge in [0.1, 0.15) is 5.75 Å². The zero-order valence-electron chi connectivity index (χ0n) is 16.6. The first-order chi connectivity index (χ1) is 14.2. The SMILES string of the molecule is COc1ccccc1-c1nnc(SC2CCCCNC2=O)n1-c1ccc(C)cc1. The second-order valence-corrected chi connectivity index (χ2v) is 8.24. The number of rotatable bonds is 5. The highest BCUT2D eigenvalue weighted by Crippen LogP contribution is 2.35. The van der Waals surface area contributed by atoms with Crippen LogP contribution in [0.4, 0.5) is 0 Å². The summed E-state index contributed by atoms with van der Waals surface area (Å²) in [7, 11) is 1.65. The standard InChI is InChI=1S/C22H24N4O2S/c1-15-10-12-16(13-11-15)26-20(17-7-3-4-8-18(17)28-2)24-25-22(26)29-19-9-5-6-14-23-21(19)27/h3-4,7-8,10-13,19H,5-6,9,14H2,1-2H3,(H,23,27). The predicted octanol–water partition coefficient (Wildman–Crippen LogP) is 4.01. The van der Waals surface area contributed by atoms with Gasteiger partial charge in [0.25, 0.3) is 0 Å². The summed E-state index contributed by atoms with van der Waals surface area (Å²) in [5, 5.41) is 12.5. The third kappa shape index (κ3) is 4.15. The van der Waals surface area contributed by atoms with Gasteiger partial charge in [0, 0.05) is 12.2 Å². The molecule has 0 aliphatic carbocycles. The summed E-state index contributed by atoms with van der Waals surface area (Å²) in [6.45, 7) is 2.80. The molecule has 1 aliphatic rings. The first-order valence-corrected chi connectivity index (χ1v) is 10.7. The molecule has 1 unspecified atom stereocenters. The number of para-hydroxylation sites is 1. The van der Waals surface area contributed by atoms with Crippen molar-refractivity contribution in [3.05, 3.63) is 54.1 Å². The number of carbonyl (C=O) groups excluding carboxylic acids is 1. The third-order valence-electron chi connectivity index (χ3n) is 5.01. The van der Waals surface area contributed by atoms with E-state index in [1.54, 1.807) is 7.11 Å². The fraction of sp³-hybridized carbons (Fsp3) is 0.318. The molecular formula is C22H24N4O2S. The minimum Gasteiger partial charge on any atom is -0.496 e. The molecule has 0 saturated carbocycles. The average Bonchev–Trinajstić information content (AvgIpc) is 3.05. The number of thioether (sulfide) groups is 1. The summed E-state index contributed by atoms with van der Waals surface area (Å²) in [4.78, 5) is 12.5. The summed E-state index contributed by atoms with van der Waals surface area (Å²) in [5.74, 6) is 1.50. The van der Waals surface area contributed by atoms with Gasteiger partial charge in [0.2, 0.25) is 5.91 Å². The highest BCUT2D eigenvalue weighted by molar-refractivity contribution is 8.00. The van der Waals surface area contributed by atoms with Crippen molar-refractivity contribution >= 4 is 17.7 Å². The second kappa shape index (κ2) is 8.69. The monoisotopic (exact) mass is 408 g/mol. The van der Waals surface area contributed by atoms with E-state index in [0.717, 1.165) is 42.8 Å². The normalized spacial score (nSPS) is 16.9. The maximum atomic E-state index is 12.5. The molecule has 0 bridgehead atoms. The maximum Gasteiger partial charge on any atom is 0.233 e. The van der Waals surface area contributed by atoms with Crippen molar-refractivity contribution in [3.63, 3.8) is 0 Å². The minimum atomic E-state index is -0.170. The van der Waals surface area contributed by atoms with E-state index in [1.807, 2.05) is 28.8 Å². The van der Waals surface area contributed by atoms with Crippen molar-refractivity contribution in [1.82, 2.24) is 20.1 Å². The van der Waals surface area contributed by atoms with E-state index in [4.69, 9.17) is 4.74 Å². The molecule has 29 heavy (non-hydrogen) atoms. The van der Waals surface area contributed by atoms with Crippen LogP contribution in [-0.4, -0.2) is 39.6 Å². The number of nitrogens with one attached hydrogen (secondary N) is 1. The van der Waals surface area contributed by atoms with E-state index in [1.165, 1.54) is 17.3 Å². The fourth-order valence-corrected chi connectivity index (χ4v) is 4.54. The van der Waals surface area contributed by atoms with Gasteiger partial charge in [-0.3, -0.25) is 9.36 Å². The number of aryl methyl sites for hydroxylation is 1. The van der Waals surface area contributed by atoms with Gasteiger partial charge in [-0.05, 0) is 44.0 Å². The highest BCUT2D eigenvalue weighted by Gasteiger charge is 2.26. The summed E-state index contributed by atoms with van der Waals surface area (Å²) < 4.78 is 7.56. The molecule has 1 saturated heterocycles. The van der Waals surface area contributed by atoms with E-state index >= 15 is 0 Å². The molecule has 0 radical (unpaired) electrons. The van der Waals surface area contributed by atoms with Crippen molar-refractivity contribution in [2.75, 3.05) is 13.7 Å². The summed E-state index contributed by atoms with van der Waals surface area (Å²) >= 11 is 1.48. The number of aromatic nitrogens is 3. The van der Waals surface area contributed by atoms with Crippen LogP contribution >= 0.6 is 11.8 Å². The molecule has 3 aromatic rings. The van der Waals surface area contributed by atoms with Crippen molar-refractivity contribution < 1.29 is 9.53 Å². The fourth-order valence-electron chi connectivity index (χ4n) is 3.43. The van der Waals surface area contributed by atoms with Crippen LogP contribution in [0.25, 0.3) is 17.1 Å². The van der Waals surface area contributed by atoms with Gasteiger partial charge in [-0.1, -0.05) is 48.0 Å². The van der Waals surface area contributed by atoms with Crippen LogP contribution in [0.2, 0.25) is 0 Å². The smallest absolute Gasteiger partial charge is 0.233 e. The Labute approximate surface area is 174 Å². The van der Waals surface area contributed by atoms with E-state index in [-0.39, 0.29) is 11.2 Å². The highest BCUT2D eigenvalue weighted by atomic mass is 32.2. The van der Waals surface area contributed by atoms with Crippen LogP contribution in [0.15, 0.2) is 53.7 Å². The lowest BCUT2D eigenvalue weighted by atomic mass is 10.1. The molecule has 1 fully saturated rings. The molecule has 1 atom stereocenters. The largest absolute Gasteiger partial charge is 0.496 e. The molecule has 4 rings (SSSR count). The Morgan fingerprint density at radius 3 is 2.69 bits per heavy atom. The number of ether oxygens (including phenoxy) is 1. The molecule has 7 heteroatoms. The van der Waals surface area contributed by atoms with Crippen LogP contribution in [0.1, 0.15) is 24.8 Å². The molecule has 1 N–H and O–H groups in total. The number of methoxy groups -OCH3 is 1. The van der Waals surface area contributed by atoms with Crippen LogP contribution in [-0.2, 0) is 4.79 Å². The number of nitrogens with zero attached hydrogens (tertiary/aromatic N) is 3. The molecule has 2 aromatic carbocycles. The topological polar surface area (TPSA) is 69.0 Å². The van der Waals surface area contributed by atoms with Crippen LogP contribution in [0.5, 0.6) is 5.75 Å². The van der Waals surface area contributed by atoms with E-state index in [9.17, 15) is 4.79 Å². The minimum absolute atomic E-state index is 0.0739. The lowest BCUT2D eigenvalue weighted by Gasteiger charge is -2.15. The van der Waals surface area contributed by atoms with Crippen molar-refractivity contribution in [1.29, 1.82) is 0 Å². The molecular weight excluding hydrogens is 384 g/mol. The van der Waals surface area contributed by atoms with Gasteiger partial charge in [0.15, 0.2) is 11.0 Å². The van der Waals surface area contributed by atoms with Crippen molar-refractivity contribution in [3.8, 4) is 22.8 Å². The molecule has 1 aromatic heterocycles. The Morgan fingerprint density at radius 1 is 1.10 bits per heavy atom. The number of hydrogen-bond acceptors (Lipinski definition) is 5. The van der Waals surface area contributed by atoms with Gasteiger partial charge in [-0.15, -0.1) is 10.2 Å². The van der Waals surface area contributed by atoms with Crippen LogP contribution in [0.3, 0.4) is 0 Å². The number of amides is 1. The van der Waals surface area contributed by atoms with Gasteiger partial charge < -0.3 is 10.1 Å². The third-order valence-corrected chi connectivity index (χ3v) is 6.22. The first-order valence-electron chi connectivity index (χ1n) is 9.77. The molecule has 1 aliphatic heterocycles. The van der Waals surface area contributed by atoms with Gasteiger partial charge >= 0.3 is 0 Å². The Bertz CT molecular complexity index is 1000. The lowest BCUT2D eigenvalue weighted by molar-refractivity contribution is -0.120. The molecule has 6 nitrogen and oxygen atoms in total. The number of carbonyl (C=O) groups is 1. The van der Waals surface area contributed by atoms with Gasteiger partial charge in [-0.2, -0.15) is 0 Å². The lowest BCUT2D eigenvalue weighted by Crippen LogP contribution is -2.30. The second-order valence-electron chi connectivity index (χ2n) is 7.07. The van der Waals surface area contributed by atoms with E-state index in [2.05, 4.69) is 46.7 Å². The van der Waals surface area contributed by atoms with Crippen LogP contribution in [0, 0.1) is 6.92 Å². The Balaban J connectivity index is 1.80. The van der Waals surface area contributed by atoms with Crippen molar-refractivity contribution in [2.45, 2.75) is 36.6 Å². The summed E-state index contributed by atoms with van der Waals surface area (Å²) in [5.41, 5.74) is 3.00. The molecule has 2 heterocycles. The summed E-state index contributed by atoms with van der Waals surface area (Å²) in [6.07, 6.45) is 2.87. The average molecular weight is 409 g/mol. The quantitative estimate of drug-likeness (QED) is 0.691. The van der Waals surface area contributed by atoms with Gasteiger partial charge in [0.05, 0.1) is 17.9 Å². The summed E-state index contributed by atoms with van der Waals surface area (Å²) in [6, 6.07) is 16.0. The Morgan fingerprint density at radius 2 is 1.90 bits per heavy atom. The predicted molar refractivity (Wildman–Crippen MR) is 115 cm³/mol. The van der Waals surface area contributed by atoms with Gasteiger partial charge in [-0.25, -0.2) is 0 Å². The molecule has 1 amide bonds. The Hall–Kier alpha value is -2.80. The number of benzene rings is 2. The molecule has 150 valence electrons. The van der Waals surface area contributed by atoms with Crippen molar-refractivity contribution in [2.24, 2.45) is 0 Å². The zero-order chi connectivity index (χ0) is 20.2. The maximum absolute atomic E-state index is 12.5. The van der Waals surface area contributed by atoms with E-state index < -0.39 is 0 Å². The van der Waals surface area contributed by atoms with Crippen LogP contribution < -0.4 is 10.1 Å². The van der Waals surface area contributed by atoms with E-state index in [0.29, 0.717) is 11.0 Å².